The number of hydrogen-bond donors (Lipinski definition) is 3. The second-order valence-corrected chi connectivity index (χ2v) is 6.96. The molecule has 20 heavy (non-hydrogen) atoms. The van der Waals surface area contributed by atoms with Crippen molar-refractivity contribution < 1.29 is 8.42 Å². The van der Waals surface area contributed by atoms with Crippen molar-refractivity contribution in [1.82, 2.24) is 5.32 Å². The molecule has 106 valence electrons. The maximum Gasteiger partial charge on any atom is 0.238 e. The highest BCUT2D eigenvalue weighted by atomic mass is 32.2. The van der Waals surface area contributed by atoms with Gasteiger partial charge < -0.3 is 10.6 Å². The standard InChI is InChI=1S/C12H13N3O2S3/c13-20(16,17)11-5-1-3-9(7-11)15-12(18)14-8-10-4-2-6-19-10/h1-7H,8H2,(H2,13,16,17)(H2,14,15,18). The summed E-state index contributed by atoms with van der Waals surface area (Å²) >= 11 is 6.78. The van der Waals surface area contributed by atoms with Gasteiger partial charge in [0.1, 0.15) is 0 Å². The van der Waals surface area contributed by atoms with Gasteiger partial charge in [0.25, 0.3) is 0 Å². The third-order valence-electron chi connectivity index (χ3n) is 2.42. The molecule has 4 N–H and O–H groups in total. The number of sulfonamides is 1. The van der Waals surface area contributed by atoms with Crippen LogP contribution in [0.4, 0.5) is 5.69 Å². The molecule has 0 bridgehead atoms. The average Bonchev–Trinajstić information content (AvgIpc) is 2.89. The maximum atomic E-state index is 11.3. The fourth-order valence-corrected chi connectivity index (χ4v) is 2.90. The van der Waals surface area contributed by atoms with E-state index in [-0.39, 0.29) is 4.90 Å². The molecule has 2 rings (SSSR count). The van der Waals surface area contributed by atoms with Gasteiger partial charge in [0.05, 0.1) is 11.4 Å². The van der Waals surface area contributed by atoms with Crippen LogP contribution in [0.15, 0.2) is 46.7 Å². The lowest BCUT2D eigenvalue weighted by molar-refractivity contribution is 0.598. The van der Waals surface area contributed by atoms with Crippen molar-refractivity contribution in [3.63, 3.8) is 0 Å². The monoisotopic (exact) mass is 327 g/mol. The van der Waals surface area contributed by atoms with E-state index in [1.165, 1.54) is 12.1 Å². The Hall–Kier alpha value is -1.48. The molecule has 0 saturated heterocycles. The van der Waals surface area contributed by atoms with Gasteiger partial charge in [-0.3, -0.25) is 0 Å². The highest BCUT2D eigenvalue weighted by Crippen LogP contribution is 2.14. The van der Waals surface area contributed by atoms with E-state index in [4.69, 9.17) is 17.4 Å². The molecule has 0 spiro atoms. The van der Waals surface area contributed by atoms with Crippen LogP contribution in [0.1, 0.15) is 4.88 Å². The summed E-state index contributed by atoms with van der Waals surface area (Å²) in [5, 5.41) is 13.5. The fourth-order valence-electron chi connectivity index (χ4n) is 1.51. The Kier molecular flexibility index (Phi) is 4.71. The van der Waals surface area contributed by atoms with Crippen LogP contribution in [0.25, 0.3) is 0 Å². The number of rotatable bonds is 4. The Balaban J connectivity index is 1.97. The summed E-state index contributed by atoms with van der Waals surface area (Å²) in [7, 11) is -3.71. The van der Waals surface area contributed by atoms with Gasteiger partial charge in [0.15, 0.2) is 5.11 Å². The van der Waals surface area contributed by atoms with Crippen LogP contribution in [-0.2, 0) is 16.6 Å². The molecule has 5 nitrogen and oxygen atoms in total. The van der Waals surface area contributed by atoms with Crippen LogP contribution >= 0.6 is 23.6 Å². The quantitative estimate of drug-likeness (QED) is 0.747. The zero-order valence-electron chi connectivity index (χ0n) is 10.4. The molecule has 8 heteroatoms. The molecule has 0 fully saturated rings. The second-order valence-electron chi connectivity index (χ2n) is 3.96. The summed E-state index contributed by atoms with van der Waals surface area (Å²) in [5.41, 5.74) is 0.570. The van der Waals surface area contributed by atoms with Crippen molar-refractivity contribution in [2.45, 2.75) is 11.4 Å². The number of nitrogens with two attached hydrogens (primary N) is 1. The van der Waals surface area contributed by atoms with Crippen molar-refractivity contribution in [2.75, 3.05) is 5.32 Å². The van der Waals surface area contributed by atoms with Crippen molar-refractivity contribution in [3.05, 3.63) is 46.7 Å². The van der Waals surface area contributed by atoms with Crippen LogP contribution < -0.4 is 15.8 Å². The Morgan fingerprint density at radius 1 is 1.30 bits per heavy atom. The molecule has 0 aliphatic rings. The first-order chi connectivity index (χ1) is 9.45. The average molecular weight is 327 g/mol. The van der Waals surface area contributed by atoms with E-state index >= 15 is 0 Å². The van der Waals surface area contributed by atoms with E-state index in [9.17, 15) is 8.42 Å². The minimum absolute atomic E-state index is 0.0450. The van der Waals surface area contributed by atoms with Crippen LogP contribution in [0.5, 0.6) is 0 Å². The maximum absolute atomic E-state index is 11.3. The zero-order chi connectivity index (χ0) is 14.6. The van der Waals surface area contributed by atoms with Gasteiger partial charge in [0, 0.05) is 10.6 Å². The van der Waals surface area contributed by atoms with Gasteiger partial charge in [-0.2, -0.15) is 0 Å². The van der Waals surface area contributed by atoms with Gasteiger partial charge in [-0.15, -0.1) is 11.3 Å². The molecule has 1 aromatic heterocycles. The number of thiophene rings is 1. The first-order valence-electron chi connectivity index (χ1n) is 5.65. The van der Waals surface area contributed by atoms with Gasteiger partial charge in [-0.1, -0.05) is 12.1 Å². The third-order valence-corrected chi connectivity index (χ3v) is 4.46. The van der Waals surface area contributed by atoms with Crippen LogP contribution in [0, 0.1) is 0 Å². The lowest BCUT2D eigenvalue weighted by atomic mass is 10.3. The number of nitrogens with one attached hydrogen (secondary N) is 2. The summed E-state index contributed by atoms with van der Waals surface area (Å²) in [6.45, 7) is 0.623. The minimum atomic E-state index is -3.71. The summed E-state index contributed by atoms with van der Waals surface area (Å²) in [5.74, 6) is 0. The summed E-state index contributed by atoms with van der Waals surface area (Å²) in [4.78, 5) is 1.20. The number of thiocarbonyl (C=S) groups is 1. The molecule has 0 amide bonds. The minimum Gasteiger partial charge on any atom is -0.358 e. The largest absolute Gasteiger partial charge is 0.358 e. The number of hydrogen-bond acceptors (Lipinski definition) is 4. The van der Waals surface area contributed by atoms with Gasteiger partial charge >= 0.3 is 0 Å². The highest BCUT2D eigenvalue weighted by Gasteiger charge is 2.08. The van der Waals surface area contributed by atoms with Crippen LogP contribution in [-0.4, -0.2) is 13.5 Å². The molecule has 0 radical (unpaired) electrons. The van der Waals surface area contributed by atoms with Gasteiger partial charge in [-0.05, 0) is 41.9 Å². The Morgan fingerprint density at radius 3 is 2.75 bits per heavy atom. The van der Waals surface area contributed by atoms with Crippen molar-refractivity contribution in [1.29, 1.82) is 0 Å². The third kappa shape index (κ3) is 4.27. The molecular formula is C12H13N3O2S3. The predicted molar refractivity (Wildman–Crippen MR) is 85.2 cm³/mol. The second kappa shape index (κ2) is 6.31. The molecule has 2 aromatic rings. The van der Waals surface area contributed by atoms with Crippen LogP contribution in [0.2, 0.25) is 0 Å². The number of primary sulfonamides is 1. The van der Waals surface area contributed by atoms with E-state index in [1.54, 1.807) is 23.5 Å². The molecule has 0 aliphatic carbocycles. The summed E-state index contributed by atoms with van der Waals surface area (Å²) in [6, 6.07) is 10.2. The van der Waals surface area contributed by atoms with E-state index < -0.39 is 10.0 Å². The van der Waals surface area contributed by atoms with E-state index in [2.05, 4.69) is 10.6 Å². The van der Waals surface area contributed by atoms with Crippen molar-refractivity contribution >= 4 is 44.4 Å². The Bertz CT molecular complexity index is 696. The first-order valence-corrected chi connectivity index (χ1v) is 8.49. The molecule has 0 atom stereocenters. The molecular weight excluding hydrogens is 314 g/mol. The Morgan fingerprint density at radius 2 is 2.10 bits per heavy atom. The number of anilines is 1. The van der Waals surface area contributed by atoms with E-state index in [0.717, 1.165) is 4.88 Å². The van der Waals surface area contributed by atoms with Crippen molar-refractivity contribution in [2.24, 2.45) is 5.14 Å². The summed E-state index contributed by atoms with van der Waals surface area (Å²) < 4.78 is 22.5. The SMILES string of the molecule is NS(=O)(=O)c1cccc(NC(=S)NCc2cccs2)c1. The molecule has 1 aromatic carbocycles. The smallest absolute Gasteiger partial charge is 0.238 e. The number of benzene rings is 1. The first kappa shape index (κ1) is 14.9. The van der Waals surface area contributed by atoms with Crippen LogP contribution in [0.3, 0.4) is 0 Å². The normalized spacial score (nSPS) is 11.1. The highest BCUT2D eigenvalue weighted by molar-refractivity contribution is 7.89. The lowest BCUT2D eigenvalue weighted by Crippen LogP contribution is -2.27. The molecule has 0 saturated carbocycles. The van der Waals surface area contributed by atoms with E-state index in [0.29, 0.717) is 17.3 Å². The lowest BCUT2D eigenvalue weighted by Gasteiger charge is -2.10. The van der Waals surface area contributed by atoms with Gasteiger partial charge in [0.2, 0.25) is 10.0 Å². The van der Waals surface area contributed by atoms with E-state index in [1.807, 2.05) is 17.5 Å². The topological polar surface area (TPSA) is 84.2 Å². The predicted octanol–water partition coefficient (Wildman–Crippen LogP) is 1.88. The fraction of sp³-hybridized carbons (Fsp3) is 0.0833. The molecule has 0 unspecified atom stereocenters. The molecule has 0 aliphatic heterocycles. The Labute approximate surface area is 126 Å². The molecule has 1 heterocycles. The summed E-state index contributed by atoms with van der Waals surface area (Å²) in [6.07, 6.45) is 0. The zero-order valence-corrected chi connectivity index (χ0v) is 12.8. The van der Waals surface area contributed by atoms with Gasteiger partial charge in [-0.25, -0.2) is 13.6 Å². The van der Waals surface area contributed by atoms with Crippen molar-refractivity contribution in [3.8, 4) is 0 Å².